The predicted octanol–water partition coefficient (Wildman–Crippen LogP) is 6.10. The number of esters is 1. The molecule has 36 heavy (non-hydrogen) atoms. The number of halogens is 6. The second-order valence-electron chi connectivity index (χ2n) is 8.12. The van der Waals surface area contributed by atoms with Gasteiger partial charge in [-0.25, -0.2) is 17.5 Å². The van der Waals surface area contributed by atoms with Crippen LogP contribution >= 0.6 is 0 Å². The first kappa shape index (κ1) is 29.6. The third kappa shape index (κ3) is 8.81. The molecule has 0 saturated carbocycles. The Hall–Kier alpha value is -2.60. The van der Waals surface area contributed by atoms with E-state index in [4.69, 9.17) is 4.74 Å². The number of rotatable bonds is 13. The van der Waals surface area contributed by atoms with E-state index in [1.54, 1.807) is 31.2 Å². The van der Waals surface area contributed by atoms with Gasteiger partial charge in [0.05, 0.1) is 11.5 Å². The van der Waals surface area contributed by atoms with Crippen molar-refractivity contribution in [3.8, 4) is 0 Å². The minimum atomic E-state index is -5.71. The molecule has 2 aromatic carbocycles. The molecule has 0 fully saturated rings. The molecule has 1 N–H and O–H groups in total. The molecule has 1 atom stereocenters. The second kappa shape index (κ2) is 12.6. The van der Waals surface area contributed by atoms with Crippen molar-refractivity contribution in [2.45, 2.75) is 68.5 Å². The number of hydrogen-bond donors (Lipinski definition) is 1. The molecule has 0 aliphatic carbocycles. The summed E-state index contributed by atoms with van der Waals surface area (Å²) in [6, 6.07) is 9.17. The lowest BCUT2D eigenvalue weighted by Crippen LogP contribution is -2.36. The average molecular weight is 540 g/mol. The lowest BCUT2D eigenvalue weighted by molar-refractivity contribution is -0.284. The van der Waals surface area contributed by atoms with Crippen LogP contribution in [0.1, 0.15) is 56.2 Å². The van der Waals surface area contributed by atoms with Gasteiger partial charge in [0.15, 0.2) is 0 Å². The first-order chi connectivity index (χ1) is 16.7. The van der Waals surface area contributed by atoms with Crippen LogP contribution in [0.3, 0.4) is 0 Å². The molecule has 0 aliphatic rings. The quantitative estimate of drug-likeness (QED) is 0.247. The van der Waals surface area contributed by atoms with Gasteiger partial charge in [-0.1, -0.05) is 24.3 Å². The molecule has 0 heterocycles. The van der Waals surface area contributed by atoms with Crippen LogP contribution in [0.25, 0.3) is 0 Å². The van der Waals surface area contributed by atoms with E-state index in [1.165, 1.54) is 0 Å². The minimum absolute atomic E-state index is 0.211. The van der Waals surface area contributed by atoms with Crippen molar-refractivity contribution in [2.75, 3.05) is 6.61 Å². The first-order valence-electron chi connectivity index (χ1n) is 11.2. The van der Waals surface area contributed by atoms with Crippen LogP contribution in [-0.4, -0.2) is 33.1 Å². The third-order valence-corrected chi connectivity index (χ3v) is 6.84. The van der Waals surface area contributed by atoms with E-state index in [-0.39, 0.29) is 30.3 Å². The zero-order valence-corrected chi connectivity index (χ0v) is 20.3. The number of benzene rings is 2. The highest BCUT2D eigenvalue weighted by Crippen LogP contribution is 2.40. The number of nitrogens with one attached hydrogen (secondary N) is 1. The fraction of sp³-hybridized carbons (Fsp3) is 0.458. The number of carbonyl (C=O) groups excluding carboxylic acids is 1. The molecule has 200 valence electrons. The van der Waals surface area contributed by atoms with Crippen molar-refractivity contribution in [2.24, 2.45) is 0 Å². The van der Waals surface area contributed by atoms with Gasteiger partial charge < -0.3 is 4.74 Å². The van der Waals surface area contributed by atoms with Gasteiger partial charge in [-0.15, -0.1) is 0 Å². The van der Waals surface area contributed by atoms with E-state index >= 15 is 0 Å². The summed E-state index contributed by atoms with van der Waals surface area (Å²) in [6.07, 6.45) is -6.94. The predicted molar refractivity (Wildman–Crippen MR) is 120 cm³/mol. The highest BCUT2D eigenvalue weighted by Gasteiger charge is 2.56. The molecule has 0 spiro atoms. The number of aryl methyl sites for hydroxylation is 1. The largest absolute Gasteiger partial charge is 0.466 e. The average Bonchev–Trinajstić information content (AvgIpc) is 2.78. The van der Waals surface area contributed by atoms with Gasteiger partial charge >= 0.3 is 18.1 Å². The van der Waals surface area contributed by atoms with E-state index in [2.05, 4.69) is 4.72 Å². The lowest BCUT2D eigenvalue weighted by atomic mass is 9.98. The summed E-state index contributed by atoms with van der Waals surface area (Å²) in [5.74, 6) is -5.91. The second-order valence-corrected chi connectivity index (χ2v) is 9.84. The Labute approximate surface area is 205 Å². The monoisotopic (exact) mass is 539 g/mol. The smallest absolute Gasteiger partial charge is 0.453 e. The molecule has 2 aromatic rings. The van der Waals surface area contributed by atoms with E-state index in [0.29, 0.717) is 18.4 Å². The van der Waals surface area contributed by atoms with Crippen LogP contribution in [0.4, 0.5) is 26.3 Å². The maximum atomic E-state index is 13.4. The summed E-state index contributed by atoms with van der Waals surface area (Å²) in [7, 11) is -4.24. The molecular formula is C24H27F6NO4S. The summed E-state index contributed by atoms with van der Waals surface area (Å²) in [4.78, 5) is 11.2. The van der Waals surface area contributed by atoms with Crippen LogP contribution in [-0.2, 0) is 26.0 Å². The standard InChI is InChI=1S/C24H27F6NO4S/c1-2-35-22(32)7-3-5-17-8-10-18(11-9-17)21(6-4-16-23(26,27)24(28,29)30)31-36(33,34)20-14-12-19(25)13-15-20/h8-15,21,31H,2-7,16H2,1H3. The molecule has 0 amide bonds. The molecule has 0 bridgehead atoms. The third-order valence-electron chi connectivity index (χ3n) is 5.35. The van der Waals surface area contributed by atoms with Gasteiger partial charge in [0.2, 0.25) is 10.0 Å². The van der Waals surface area contributed by atoms with Crippen LogP contribution < -0.4 is 4.72 Å². The Balaban J connectivity index is 2.17. The van der Waals surface area contributed by atoms with Gasteiger partial charge in [0.25, 0.3) is 0 Å². The topological polar surface area (TPSA) is 72.5 Å². The number of hydrogen-bond acceptors (Lipinski definition) is 4. The zero-order chi connectivity index (χ0) is 27.0. The normalized spacial score (nSPS) is 13.4. The van der Waals surface area contributed by atoms with Crippen molar-refractivity contribution in [3.05, 3.63) is 65.5 Å². The number of sulfonamides is 1. The SMILES string of the molecule is CCOC(=O)CCCc1ccc(C(CCCC(F)(F)C(F)(F)F)NS(=O)(=O)c2ccc(F)cc2)cc1. The van der Waals surface area contributed by atoms with Gasteiger partial charge in [0.1, 0.15) is 5.82 Å². The Kier molecular flexibility index (Phi) is 10.4. The molecule has 0 radical (unpaired) electrons. The molecule has 0 aromatic heterocycles. The Morgan fingerprint density at radius 2 is 1.58 bits per heavy atom. The zero-order valence-electron chi connectivity index (χ0n) is 19.5. The maximum absolute atomic E-state index is 13.4. The van der Waals surface area contributed by atoms with Crippen molar-refractivity contribution in [3.63, 3.8) is 0 Å². The number of carbonyl (C=O) groups is 1. The Morgan fingerprint density at radius 1 is 0.972 bits per heavy atom. The molecule has 12 heteroatoms. The summed E-state index contributed by atoms with van der Waals surface area (Å²) >= 11 is 0. The van der Waals surface area contributed by atoms with E-state index in [0.717, 1.165) is 29.8 Å². The fourth-order valence-corrected chi connectivity index (χ4v) is 4.68. The minimum Gasteiger partial charge on any atom is -0.466 e. The molecule has 5 nitrogen and oxygen atoms in total. The van der Waals surface area contributed by atoms with Gasteiger partial charge in [-0.05, 0) is 68.0 Å². The van der Waals surface area contributed by atoms with Crippen LogP contribution in [0.2, 0.25) is 0 Å². The molecule has 0 saturated heterocycles. The van der Waals surface area contributed by atoms with Crippen molar-refractivity contribution < 1.29 is 44.3 Å². The van der Waals surface area contributed by atoms with E-state index in [1.807, 2.05) is 0 Å². The Morgan fingerprint density at radius 3 is 2.14 bits per heavy atom. The van der Waals surface area contributed by atoms with Crippen molar-refractivity contribution in [1.82, 2.24) is 4.72 Å². The highest BCUT2D eigenvalue weighted by atomic mass is 32.2. The molecule has 1 unspecified atom stereocenters. The molecular weight excluding hydrogens is 512 g/mol. The van der Waals surface area contributed by atoms with Crippen molar-refractivity contribution in [1.29, 1.82) is 0 Å². The van der Waals surface area contributed by atoms with Gasteiger partial charge in [0, 0.05) is 18.9 Å². The number of alkyl halides is 5. The van der Waals surface area contributed by atoms with Crippen LogP contribution in [0.15, 0.2) is 53.4 Å². The highest BCUT2D eigenvalue weighted by molar-refractivity contribution is 7.89. The van der Waals surface area contributed by atoms with Crippen LogP contribution in [0, 0.1) is 5.82 Å². The molecule has 2 rings (SSSR count). The first-order valence-corrected chi connectivity index (χ1v) is 12.7. The summed E-state index contributed by atoms with van der Waals surface area (Å²) in [6.45, 7) is 1.97. The maximum Gasteiger partial charge on any atom is 0.453 e. The van der Waals surface area contributed by atoms with E-state index < -0.39 is 46.8 Å². The summed E-state index contributed by atoms with van der Waals surface area (Å²) in [5.41, 5.74) is 1.16. The van der Waals surface area contributed by atoms with Crippen LogP contribution in [0.5, 0.6) is 0 Å². The van der Waals surface area contributed by atoms with Gasteiger partial charge in [-0.2, -0.15) is 22.0 Å². The number of ether oxygens (including phenoxy) is 1. The Bertz CT molecular complexity index is 1090. The summed E-state index contributed by atoms with van der Waals surface area (Å²) in [5, 5.41) is 0. The van der Waals surface area contributed by atoms with Crippen molar-refractivity contribution >= 4 is 16.0 Å². The summed E-state index contributed by atoms with van der Waals surface area (Å²) < 4.78 is 110. The fourth-order valence-electron chi connectivity index (χ4n) is 3.42. The van der Waals surface area contributed by atoms with E-state index in [9.17, 15) is 39.6 Å². The molecule has 0 aliphatic heterocycles. The lowest BCUT2D eigenvalue weighted by Gasteiger charge is -2.23. The van der Waals surface area contributed by atoms with Gasteiger partial charge in [-0.3, -0.25) is 4.79 Å².